The lowest BCUT2D eigenvalue weighted by Gasteiger charge is -2.33. The van der Waals surface area contributed by atoms with Gasteiger partial charge in [0, 0.05) is 6.61 Å². The zero-order valence-corrected chi connectivity index (χ0v) is 12.9. The number of rotatable bonds is 4. The summed E-state index contributed by atoms with van der Waals surface area (Å²) in [4.78, 5) is 14.7. The van der Waals surface area contributed by atoms with Crippen LogP contribution in [0.5, 0.6) is 0 Å². The summed E-state index contributed by atoms with van der Waals surface area (Å²) in [5, 5.41) is 7.66. The predicted octanol–water partition coefficient (Wildman–Crippen LogP) is 2.52. The number of carbonyl (C=O) groups excluding carboxylic acids is 1. The van der Waals surface area contributed by atoms with Crippen molar-refractivity contribution >= 4 is 17.2 Å². The number of amides is 1. The van der Waals surface area contributed by atoms with Gasteiger partial charge in [-0.05, 0) is 48.6 Å². The van der Waals surface area contributed by atoms with E-state index in [0.29, 0.717) is 0 Å². The lowest BCUT2D eigenvalue weighted by atomic mass is 10.1. The molecule has 0 spiro atoms. The lowest BCUT2D eigenvalue weighted by molar-refractivity contribution is -0.134. The van der Waals surface area contributed by atoms with Crippen LogP contribution in [0.3, 0.4) is 0 Å². The molecule has 4 atom stereocenters. The maximum Gasteiger partial charge on any atom is 0.241 e. The minimum Gasteiger partial charge on any atom is -0.376 e. The maximum atomic E-state index is 12.7. The number of thiophene rings is 1. The number of carbonyl (C=O) groups is 1. The van der Waals surface area contributed by atoms with E-state index in [4.69, 9.17) is 4.74 Å². The minimum absolute atomic E-state index is 0.00194. The van der Waals surface area contributed by atoms with E-state index in [1.54, 1.807) is 11.3 Å². The molecule has 3 heterocycles. The van der Waals surface area contributed by atoms with Crippen molar-refractivity contribution in [1.82, 2.24) is 10.2 Å². The van der Waals surface area contributed by atoms with Crippen LogP contribution in [0, 0.1) is 0 Å². The number of ether oxygens (including phenoxy) is 1. The van der Waals surface area contributed by atoms with Crippen LogP contribution in [0.4, 0.5) is 0 Å². The third-order valence-corrected chi connectivity index (χ3v) is 5.10. The second-order valence-corrected chi connectivity index (χ2v) is 6.40. The Bertz CT molecular complexity index is 456. The van der Waals surface area contributed by atoms with E-state index < -0.39 is 0 Å². The molecule has 3 rings (SSSR count). The molecule has 2 saturated heterocycles. The molecule has 1 N–H and O–H groups in total. The first-order valence-electron chi connectivity index (χ1n) is 7.44. The molecule has 0 radical (unpaired) electrons. The Kier molecular flexibility index (Phi) is 4.10. The van der Waals surface area contributed by atoms with Crippen LogP contribution < -0.4 is 5.32 Å². The molecule has 1 aromatic rings. The molecular weight excluding hydrogens is 272 g/mol. The Hall–Kier alpha value is -0.910. The second kappa shape index (κ2) is 5.84. The van der Waals surface area contributed by atoms with Crippen molar-refractivity contribution in [3.05, 3.63) is 22.4 Å². The summed E-state index contributed by atoms with van der Waals surface area (Å²) < 4.78 is 5.79. The van der Waals surface area contributed by atoms with Crippen LogP contribution in [-0.2, 0) is 9.53 Å². The van der Waals surface area contributed by atoms with Crippen LogP contribution in [0.15, 0.2) is 16.8 Å². The molecule has 0 saturated carbocycles. The summed E-state index contributed by atoms with van der Waals surface area (Å²) in [7, 11) is 0. The SMILES string of the molecule is CCC1NC(c2ccsc2)N(C(C)C2CCCO2)C1=O. The van der Waals surface area contributed by atoms with E-state index in [9.17, 15) is 4.79 Å². The van der Waals surface area contributed by atoms with Gasteiger partial charge in [-0.2, -0.15) is 11.3 Å². The molecule has 1 aromatic heterocycles. The van der Waals surface area contributed by atoms with Gasteiger partial charge in [-0.1, -0.05) is 6.92 Å². The van der Waals surface area contributed by atoms with Gasteiger partial charge in [-0.15, -0.1) is 0 Å². The van der Waals surface area contributed by atoms with Gasteiger partial charge in [-0.25, -0.2) is 0 Å². The molecule has 0 aromatic carbocycles. The van der Waals surface area contributed by atoms with Crippen molar-refractivity contribution in [3.8, 4) is 0 Å². The fourth-order valence-corrected chi connectivity index (χ4v) is 3.91. The second-order valence-electron chi connectivity index (χ2n) is 5.62. The highest BCUT2D eigenvalue weighted by Gasteiger charge is 2.43. The molecule has 0 bridgehead atoms. The fraction of sp³-hybridized carbons (Fsp3) is 0.667. The normalized spacial score (nSPS) is 32.0. The molecule has 2 aliphatic heterocycles. The van der Waals surface area contributed by atoms with Crippen molar-refractivity contribution in [2.45, 2.75) is 57.5 Å². The Balaban J connectivity index is 1.85. The average molecular weight is 294 g/mol. The summed E-state index contributed by atoms with van der Waals surface area (Å²) in [6.45, 7) is 5.00. The third-order valence-electron chi connectivity index (χ3n) is 4.40. The van der Waals surface area contributed by atoms with Crippen LogP contribution in [-0.4, -0.2) is 35.6 Å². The molecule has 20 heavy (non-hydrogen) atoms. The van der Waals surface area contributed by atoms with E-state index >= 15 is 0 Å². The fourth-order valence-electron chi connectivity index (χ4n) is 3.23. The molecule has 5 heteroatoms. The number of hydrogen-bond acceptors (Lipinski definition) is 4. The molecule has 1 amide bonds. The first-order valence-corrected chi connectivity index (χ1v) is 8.38. The van der Waals surface area contributed by atoms with E-state index in [1.807, 2.05) is 4.90 Å². The first kappa shape index (κ1) is 14.0. The van der Waals surface area contributed by atoms with Crippen molar-refractivity contribution in [2.75, 3.05) is 6.61 Å². The van der Waals surface area contributed by atoms with E-state index in [1.165, 1.54) is 5.56 Å². The third kappa shape index (κ3) is 2.38. The van der Waals surface area contributed by atoms with Crippen molar-refractivity contribution in [3.63, 3.8) is 0 Å². The summed E-state index contributed by atoms with van der Waals surface area (Å²) in [6.07, 6.45) is 3.16. The minimum atomic E-state index is -0.0660. The maximum absolute atomic E-state index is 12.7. The lowest BCUT2D eigenvalue weighted by Crippen LogP contribution is -2.44. The van der Waals surface area contributed by atoms with Gasteiger partial charge in [0.25, 0.3) is 0 Å². The molecule has 2 fully saturated rings. The van der Waals surface area contributed by atoms with Gasteiger partial charge in [0.1, 0.15) is 6.17 Å². The average Bonchev–Trinajstić information content (AvgIpc) is 3.19. The molecule has 4 nitrogen and oxygen atoms in total. The standard InChI is InChI=1S/C15H22N2O2S/c1-3-12-15(18)17(10(2)13-5-4-7-19-13)14(16-12)11-6-8-20-9-11/h6,8-10,12-14,16H,3-5,7H2,1-2H3. The molecule has 2 aliphatic rings. The van der Waals surface area contributed by atoms with Crippen molar-refractivity contribution < 1.29 is 9.53 Å². The monoisotopic (exact) mass is 294 g/mol. The van der Waals surface area contributed by atoms with Crippen molar-refractivity contribution in [1.29, 1.82) is 0 Å². The smallest absolute Gasteiger partial charge is 0.241 e. The van der Waals surface area contributed by atoms with Gasteiger partial charge in [-0.3, -0.25) is 10.1 Å². The summed E-state index contributed by atoms with van der Waals surface area (Å²) in [5.41, 5.74) is 1.18. The van der Waals surface area contributed by atoms with Crippen LogP contribution >= 0.6 is 11.3 Å². The largest absolute Gasteiger partial charge is 0.376 e. The zero-order chi connectivity index (χ0) is 14.1. The first-order chi connectivity index (χ1) is 9.72. The highest BCUT2D eigenvalue weighted by molar-refractivity contribution is 7.07. The highest BCUT2D eigenvalue weighted by atomic mass is 32.1. The summed E-state index contributed by atoms with van der Waals surface area (Å²) >= 11 is 1.67. The van der Waals surface area contributed by atoms with Gasteiger partial charge < -0.3 is 9.64 Å². The van der Waals surface area contributed by atoms with E-state index in [2.05, 4.69) is 36.0 Å². The Labute approximate surface area is 124 Å². The molecule has 0 aliphatic carbocycles. The molecule has 4 unspecified atom stereocenters. The van der Waals surface area contributed by atoms with E-state index in [0.717, 1.165) is 25.9 Å². The van der Waals surface area contributed by atoms with Gasteiger partial charge >= 0.3 is 0 Å². The topological polar surface area (TPSA) is 41.6 Å². The van der Waals surface area contributed by atoms with Gasteiger partial charge in [0.15, 0.2) is 0 Å². The number of hydrogen-bond donors (Lipinski definition) is 1. The van der Waals surface area contributed by atoms with Crippen LogP contribution in [0.2, 0.25) is 0 Å². The zero-order valence-electron chi connectivity index (χ0n) is 12.0. The number of nitrogens with one attached hydrogen (secondary N) is 1. The Morgan fingerprint density at radius 1 is 1.60 bits per heavy atom. The van der Waals surface area contributed by atoms with Crippen molar-refractivity contribution in [2.24, 2.45) is 0 Å². The molecular formula is C15H22N2O2S. The summed E-state index contributed by atoms with van der Waals surface area (Å²) in [6, 6.07) is 2.16. The van der Waals surface area contributed by atoms with Gasteiger partial charge in [0.05, 0.1) is 18.2 Å². The quantitative estimate of drug-likeness (QED) is 0.928. The number of nitrogens with zero attached hydrogens (tertiary/aromatic N) is 1. The Morgan fingerprint density at radius 2 is 2.45 bits per heavy atom. The highest BCUT2D eigenvalue weighted by Crippen LogP contribution is 2.32. The van der Waals surface area contributed by atoms with Gasteiger partial charge in [0.2, 0.25) is 5.91 Å². The van der Waals surface area contributed by atoms with E-state index in [-0.39, 0.29) is 30.3 Å². The van der Waals surface area contributed by atoms with Crippen LogP contribution in [0.1, 0.15) is 44.8 Å². The van der Waals surface area contributed by atoms with Crippen LogP contribution in [0.25, 0.3) is 0 Å². The Morgan fingerprint density at radius 3 is 3.05 bits per heavy atom. The molecule has 110 valence electrons. The summed E-state index contributed by atoms with van der Waals surface area (Å²) in [5.74, 6) is 0.215. The predicted molar refractivity (Wildman–Crippen MR) is 79.6 cm³/mol.